The Morgan fingerprint density at radius 2 is 2.24 bits per heavy atom. The maximum Gasteiger partial charge on any atom is 0.272 e. The first-order valence-electron chi connectivity index (χ1n) is 6.99. The van der Waals surface area contributed by atoms with E-state index < -0.39 is 0 Å². The summed E-state index contributed by atoms with van der Waals surface area (Å²) in [6.45, 7) is 3.50. The molecule has 0 saturated carbocycles. The first kappa shape index (κ1) is 14.1. The molecular weight excluding hydrogens is 288 g/mol. The molecule has 1 aromatic heterocycles. The molecule has 0 fully saturated rings. The lowest BCUT2D eigenvalue weighted by Crippen LogP contribution is -2.30. The topological polar surface area (TPSA) is 69.8 Å². The normalized spacial score (nSPS) is 15.3. The molecule has 1 unspecified atom stereocenters. The summed E-state index contributed by atoms with van der Waals surface area (Å²) in [6.07, 6.45) is 0.871. The number of nitrogens with one attached hydrogen (secondary N) is 3. The molecule has 3 rings (SSSR count). The quantitative estimate of drug-likeness (QED) is 0.814. The van der Waals surface area contributed by atoms with Gasteiger partial charge in [-0.15, -0.1) is 0 Å². The van der Waals surface area contributed by atoms with Crippen LogP contribution in [0.3, 0.4) is 0 Å². The molecule has 3 N–H and O–H groups in total. The van der Waals surface area contributed by atoms with E-state index in [-0.39, 0.29) is 11.9 Å². The Kier molecular flexibility index (Phi) is 3.94. The summed E-state index contributed by atoms with van der Waals surface area (Å²) in [4.78, 5) is 12.4. The van der Waals surface area contributed by atoms with Crippen LogP contribution in [0.1, 0.15) is 40.3 Å². The molecule has 1 atom stereocenters. The Balaban J connectivity index is 1.78. The molecule has 1 aliphatic heterocycles. The van der Waals surface area contributed by atoms with Crippen molar-refractivity contribution in [2.75, 3.05) is 6.54 Å². The molecule has 1 aliphatic rings. The monoisotopic (exact) mass is 304 g/mol. The second kappa shape index (κ2) is 5.87. The molecule has 0 saturated heterocycles. The van der Waals surface area contributed by atoms with E-state index in [0.29, 0.717) is 17.3 Å². The number of amides is 1. The SMILES string of the molecule is CC(NC(=O)c1n[nH]c2c1CNCC2)c1ccccc1Cl. The largest absolute Gasteiger partial charge is 0.344 e. The van der Waals surface area contributed by atoms with Crippen LogP contribution in [0.2, 0.25) is 5.02 Å². The minimum atomic E-state index is -0.177. The Bertz CT molecular complexity index is 667. The maximum atomic E-state index is 12.4. The lowest BCUT2D eigenvalue weighted by atomic mass is 10.1. The van der Waals surface area contributed by atoms with E-state index in [4.69, 9.17) is 11.6 Å². The second-order valence-corrected chi connectivity index (χ2v) is 5.58. The summed E-state index contributed by atoms with van der Waals surface area (Å²) in [7, 11) is 0. The Morgan fingerprint density at radius 3 is 3.05 bits per heavy atom. The van der Waals surface area contributed by atoms with Crippen LogP contribution in [-0.2, 0) is 13.0 Å². The van der Waals surface area contributed by atoms with Crippen LogP contribution in [0.25, 0.3) is 0 Å². The third kappa shape index (κ3) is 2.80. The van der Waals surface area contributed by atoms with E-state index in [1.54, 1.807) is 0 Å². The minimum absolute atomic E-state index is 0.171. The minimum Gasteiger partial charge on any atom is -0.344 e. The van der Waals surface area contributed by atoms with Crippen molar-refractivity contribution in [2.24, 2.45) is 0 Å². The smallest absolute Gasteiger partial charge is 0.272 e. The van der Waals surface area contributed by atoms with Crippen molar-refractivity contribution in [1.29, 1.82) is 0 Å². The van der Waals surface area contributed by atoms with Crippen LogP contribution in [0.15, 0.2) is 24.3 Å². The number of carbonyl (C=O) groups is 1. The second-order valence-electron chi connectivity index (χ2n) is 5.17. The van der Waals surface area contributed by atoms with E-state index in [0.717, 1.165) is 29.8 Å². The number of hydrogen-bond donors (Lipinski definition) is 3. The van der Waals surface area contributed by atoms with E-state index in [1.807, 2.05) is 31.2 Å². The number of H-pyrrole nitrogens is 1. The van der Waals surface area contributed by atoms with Crippen molar-refractivity contribution in [1.82, 2.24) is 20.8 Å². The first-order chi connectivity index (χ1) is 10.2. The van der Waals surface area contributed by atoms with Gasteiger partial charge in [0, 0.05) is 35.8 Å². The van der Waals surface area contributed by atoms with Gasteiger partial charge in [0.15, 0.2) is 5.69 Å². The van der Waals surface area contributed by atoms with Gasteiger partial charge < -0.3 is 10.6 Å². The number of benzene rings is 1. The molecule has 2 heterocycles. The molecule has 21 heavy (non-hydrogen) atoms. The highest BCUT2D eigenvalue weighted by molar-refractivity contribution is 6.31. The predicted molar refractivity (Wildman–Crippen MR) is 81.3 cm³/mol. The van der Waals surface area contributed by atoms with Crippen LogP contribution in [0.5, 0.6) is 0 Å². The van der Waals surface area contributed by atoms with Crippen LogP contribution < -0.4 is 10.6 Å². The molecule has 1 amide bonds. The summed E-state index contributed by atoms with van der Waals surface area (Å²) < 4.78 is 0. The van der Waals surface area contributed by atoms with Gasteiger partial charge in [-0.25, -0.2) is 0 Å². The molecule has 5 nitrogen and oxygen atoms in total. The number of fused-ring (bicyclic) bond motifs is 1. The third-order valence-electron chi connectivity index (χ3n) is 3.74. The van der Waals surface area contributed by atoms with Gasteiger partial charge in [0.25, 0.3) is 5.91 Å². The molecule has 0 radical (unpaired) electrons. The number of nitrogens with zero attached hydrogens (tertiary/aromatic N) is 1. The maximum absolute atomic E-state index is 12.4. The number of carbonyl (C=O) groups excluding carboxylic acids is 1. The summed E-state index contributed by atoms with van der Waals surface area (Å²) in [5, 5.41) is 14.0. The van der Waals surface area contributed by atoms with Gasteiger partial charge in [-0.1, -0.05) is 29.8 Å². The van der Waals surface area contributed by atoms with Crippen molar-refractivity contribution in [3.8, 4) is 0 Å². The summed E-state index contributed by atoms with van der Waals surface area (Å²) in [6, 6.07) is 7.34. The van der Waals surface area contributed by atoms with Crippen LogP contribution in [0, 0.1) is 0 Å². The zero-order chi connectivity index (χ0) is 14.8. The molecule has 2 aromatic rings. The molecule has 6 heteroatoms. The van der Waals surface area contributed by atoms with Crippen LogP contribution in [-0.4, -0.2) is 22.6 Å². The Morgan fingerprint density at radius 1 is 1.43 bits per heavy atom. The van der Waals surface area contributed by atoms with Gasteiger partial charge in [-0.3, -0.25) is 9.89 Å². The first-order valence-corrected chi connectivity index (χ1v) is 7.36. The molecule has 110 valence electrons. The number of hydrogen-bond acceptors (Lipinski definition) is 3. The fourth-order valence-electron chi connectivity index (χ4n) is 2.58. The van der Waals surface area contributed by atoms with E-state index >= 15 is 0 Å². The zero-order valence-electron chi connectivity index (χ0n) is 11.7. The van der Waals surface area contributed by atoms with Crippen molar-refractivity contribution in [3.05, 3.63) is 51.8 Å². The highest BCUT2D eigenvalue weighted by Gasteiger charge is 2.23. The van der Waals surface area contributed by atoms with Crippen molar-refractivity contribution < 1.29 is 4.79 Å². The number of aromatic nitrogens is 2. The van der Waals surface area contributed by atoms with Crippen LogP contribution >= 0.6 is 11.6 Å². The average molecular weight is 305 g/mol. The van der Waals surface area contributed by atoms with E-state index in [1.165, 1.54) is 0 Å². The average Bonchev–Trinajstić information content (AvgIpc) is 2.91. The number of halogens is 1. The number of aromatic amines is 1. The highest BCUT2D eigenvalue weighted by Crippen LogP contribution is 2.23. The molecular formula is C15H17ClN4O. The number of rotatable bonds is 3. The van der Waals surface area contributed by atoms with Gasteiger partial charge in [0.2, 0.25) is 0 Å². The zero-order valence-corrected chi connectivity index (χ0v) is 12.5. The van der Waals surface area contributed by atoms with E-state index in [2.05, 4.69) is 20.8 Å². The van der Waals surface area contributed by atoms with Gasteiger partial charge in [0.05, 0.1) is 6.04 Å². The van der Waals surface area contributed by atoms with Gasteiger partial charge in [-0.2, -0.15) is 5.10 Å². The standard InChI is InChI=1S/C15H17ClN4O/c1-9(10-4-2-3-5-12(10)16)18-15(21)14-11-8-17-7-6-13(11)19-20-14/h2-5,9,17H,6-8H2,1H3,(H,18,21)(H,19,20). The van der Waals surface area contributed by atoms with Crippen LogP contribution in [0.4, 0.5) is 0 Å². The van der Waals surface area contributed by atoms with Crippen molar-refractivity contribution in [3.63, 3.8) is 0 Å². The molecule has 0 aliphatic carbocycles. The van der Waals surface area contributed by atoms with Gasteiger partial charge in [0.1, 0.15) is 0 Å². The molecule has 1 aromatic carbocycles. The third-order valence-corrected chi connectivity index (χ3v) is 4.08. The fourth-order valence-corrected chi connectivity index (χ4v) is 2.88. The lowest BCUT2D eigenvalue weighted by molar-refractivity contribution is 0.0933. The Labute approximate surface area is 128 Å². The molecule has 0 spiro atoms. The van der Waals surface area contributed by atoms with E-state index in [9.17, 15) is 4.79 Å². The molecule has 0 bridgehead atoms. The van der Waals surface area contributed by atoms with Gasteiger partial charge >= 0.3 is 0 Å². The summed E-state index contributed by atoms with van der Waals surface area (Å²) >= 11 is 6.16. The summed E-state index contributed by atoms with van der Waals surface area (Å²) in [5.74, 6) is -0.177. The fraction of sp³-hybridized carbons (Fsp3) is 0.333. The highest BCUT2D eigenvalue weighted by atomic mass is 35.5. The van der Waals surface area contributed by atoms with Gasteiger partial charge in [-0.05, 0) is 18.6 Å². The van der Waals surface area contributed by atoms with Crippen molar-refractivity contribution >= 4 is 17.5 Å². The predicted octanol–water partition coefficient (Wildman–Crippen LogP) is 2.20. The lowest BCUT2D eigenvalue weighted by Gasteiger charge is -2.16. The Hall–Kier alpha value is -1.85. The van der Waals surface area contributed by atoms with Crippen molar-refractivity contribution in [2.45, 2.75) is 25.9 Å². The summed E-state index contributed by atoms with van der Waals surface area (Å²) in [5.41, 5.74) is 3.38.